The SMILES string of the molecule is O=C(CCc1ccc(Cl)cc1)NCCNC(=O)c1cc(O)c(O)c(O)c1. The molecule has 0 aliphatic heterocycles. The second-order valence-corrected chi connectivity index (χ2v) is 6.03. The van der Waals surface area contributed by atoms with Crippen LogP contribution in [-0.4, -0.2) is 40.2 Å². The Morgan fingerprint density at radius 2 is 1.50 bits per heavy atom. The molecule has 8 heteroatoms. The second-order valence-electron chi connectivity index (χ2n) is 5.60. The molecule has 0 atom stereocenters. The highest BCUT2D eigenvalue weighted by Gasteiger charge is 2.13. The molecule has 0 saturated heterocycles. The van der Waals surface area contributed by atoms with E-state index in [4.69, 9.17) is 11.6 Å². The van der Waals surface area contributed by atoms with Crippen molar-refractivity contribution in [3.8, 4) is 17.2 Å². The third kappa shape index (κ3) is 5.56. The molecule has 2 aromatic rings. The maximum atomic E-state index is 11.9. The van der Waals surface area contributed by atoms with E-state index in [0.29, 0.717) is 17.9 Å². The van der Waals surface area contributed by atoms with Gasteiger partial charge in [-0.15, -0.1) is 0 Å². The normalized spacial score (nSPS) is 10.3. The van der Waals surface area contributed by atoms with Crippen molar-refractivity contribution in [2.45, 2.75) is 12.8 Å². The maximum absolute atomic E-state index is 11.9. The molecule has 0 aliphatic carbocycles. The maximum Gasteiger partial charge on any atom is 0.251 e. The summed E-state index contributed by atoms with van der Waals surface area (Å²) in [5.74, 6) is -2.56. The van der Waals surface area contributed by atoms with Gasteiger partial charge in [0.05, 0.1) is 0 Å². The molecule has 7 nitrogen and oxygen atoms in total. The van der Waals surface area contributed by atoms with E-state index in [2.05, 4.69) is 10.6 Å². The number of hydrogen-bond donors (Lipinski definition) is 5. The zero-order chi connectivity index (χ0) is 19.1. The van der Waals surface area contributed by atoms with Crippen LogP contribution in [0.5, 0.6) is 17.2 Å². The van der Waals surface area contributed by atoms with Gasteiger partial charge in [0.15, 0.2) is 17.2 Å². The molecule has 0 heterocycles. The van der Waals surface area contributed by atoms with Crippen LogP contribution in [0.25, 0.3) is 0 Å². The van der Waals surface area contributed by atoms with E-state index in [1.165, 1.54) is 0 Å². The first-order chi connectivity index (χ1) is 12.4. The van der Waals surface area contributed by atoms with Crippen molar-refractivity contribution in [3.63, 3.8) is 0 Å². The predicted molar refractivity (Wildman–Crippen MR) is 96.6 cm³/mol. The number of carbonyl (C=O) groups excluding carboxylic acids is 2. The number of benzene rings is 2. The van der Waals surface area contributed by atoms with Crippen molar-refractivity contribution in [3.05, 3.63) is 52.5 Å². The highest BCUT2D eigenvalue weighted by Crippen LogP contribution is 2.35. The lowest BCUT2D eigenvalue weighted by atomic mass is 10.1. The van der Waals surface area contributed by atoms with Crippen LogP contribution in [0.15, 0.2) is 36.4 Å². The fraction of sp³-hybridized carbons (Fsp3) is 0.222. The molecule has 0 fully saturated rings. The molecule has 5 N–H and O–H groups in total. The van der Waals surface area contributed by atoms with Gasteiger partial charge in [-0.2, -0.15) is 0 Å². The van der Waals surface area contributed by atoms with Gasteiger partial charge in [0.2, 0.25) is 5.91 Å². The van der Waals surface area contributed by atoms with E-state index in [0.717, 1.165) is 17.7 Å². The van der Waals surface area contributed by atoms with Gasteiger partial charge in [0, 0.05) is 30.1 Å². The number of carbonyl (C=O) groups is 2. The molecular weight excluding hydrogens is 360 g/mol. The molecular formula is C18H19ClN2O5. The molecule has 138 valence electrons. The molecule has 0 saturated carbocycles. The minimum Gasteiger partial charge on any atom is -0.504 e. The largest absolute Gasteiger partial charge is 0.504 e. The Morgan fingerprint density at radius 3 is 2.12 bits per heavy atom. The Kier molecular flexibility index (Phi) is 6.68. The van der Waals surface area contributed by atoms with Crippen molar-refractivity contribution in [1.82, 2.24) is 10.6 Å². The molecule has 2 amide bonds. The first-order valence-corrected chi connectivity index (χ1v) is 8.29. The number of phenolic OH excluding ortho intramolecular Hbond substituents is 3. The predicted octanol–water partition coefficient (Wildman–Crippen LogP) is 1.94. The van der Waals surface area contributed by atoms with Crippen LogP contribution >= 0.6 is 11.6 Å². The number of halogens is 1. The molecule has 0 spiro atoms. The van der Waals surface area contributed by atoms with Crippen LogP contribution < -0.4 is 10.6 Å². The van der Waals surface area contributed by atoms with Gasteiger partial charge in [-0.25, -0.2) is 0 Å². The number of hydrogen-bond acceptors (Lipinski definition) is 5. The minimum atomic E-state index is -0.686. The quantitative estimate of drug-likeness (QED) is 0.372. The van der Waals surface area contributed by atoms with Gasteiger partial charge in [-0.05, 0) is 36.2 Å². The number of rotatable bonds is 7. The van der Waals surface area contributed by atoms with Crippen molar-refractivity contribution < 1.29 is 24.9 Å². The van der Waals surface area contributed by atoms with E-state index in [-0.39, 0.29) is 24.6 Å². The van der Waals surface area contributed by atoms with Crippen LogP contribution in [-0.2, 0) is 11.2 Å². The summed E-state index contributed by atoms with van der Waals surface area (Å²) in [6.45, 7) is 0.412. The van der Waals surface area contributed by atoms with Crippen molar-refractivity contribution in [2.24, 2.45) is 0 Å². The summed E-state index contributed by atoms with van der Waals surface area (Å²) in [4.78, 5) is 23.7. The Hall–Kier alpha value is -2.93. The Bertz CT molecular complexity index is 770. The summed E-state index contributed by atoms with van der Waals surface area (Å²) < 4.78 is 0. The van der Waals surface area contributed by atoms with Gasteiger partial charge < -0.3 is 26.0 Å². The minimum absolute atomic E-state index is 0.00753. The van der Waals surface area contributed by atoms with Crippen LogP contribution in [0.4, 0.5) is 0 Å². The van der Waals surface area contributed by atoms with E-state index < -0.39 is 23.2 Å². The molecule has 0 aliphatic rings. The van der Waals surface area contributed by atoms with Crippen LogP contribution in [0.1, 0.15) is 22.3 Å². The topological polar surface area (TPSA) is 119 Å². The number of phenols is 3. The third-order valence-electron chi connectivity index (χ3n) is 3.62. The monoisotopic (exact) mass is 378 g/mol. The second kappa shape index (κ2) is 8.96. The number of nitrogens with one attached hydrogen (secondary N) is 2. The fourth-order valence-electron chi connectivity index (χ4n) is 2.21. The molecule has 26 heavy (non-hydrogen) atoms. The Balaban J connectivity index is 1.70. The van der Waals surface area contributed by atoms with E-state index in [1.54, 1.807) is 12.1 Å². The summed E-state index contributed by atoms with van der Waals surface area (Å²) in [6, 6.07) is 9.33. The smallest absolute Gasteiger partial charge is 0.251 e. The van der Waals surface area contributed by atoms with Gasteiger partial charge in [0.25, 0.3) is 5.91 Å². The lowest BCUT2D eigenvalue weighted by molar-refractivity contribution is -0.121. The molecule has 0 unspecified atom stereocenters. The van der Waals surface area contributed by atoms with Gasteiger partial charge in [0.1, 0.15) is 0 Å². The summed E-state index contributed by atoms with van der Waals surface area (Å²) in [5.41, 5.74) is 0.997. The van der Waals surface area contributed by atoms with Crippen LogP contribution in [0.2, 0.25) is 5.02 Å². The van der Waals surface area contributed by atoms with Gasteiger partial charge >= 0.3 is 0 Å². The van der Waals surface area contributed by atoms with E-state index >= 15 is 0 Å². The number of amides is 2. The highest BCUT2D eigenvalue weighted by atomic mass is 35.5. The first-order valence-electron chi connectivity index (χ1n) is 7.91. The number of aromatic hydroxyl groups is 3. The van der Waals surface area contributed by atoms with Crippen molar-refractivity contribution >= 4 is 23.4 Å². The Morgan fingerprint density at radius 1 is 0.923 bits per heavy atom. The summed E-state index contributed by atoms with van der Waals surface area (Å²) in [6.07, 6.45) is 0.900. The summed E-state index contributed by atoms with van der Waals surface area (Å²) >= 11 is 5.80. The zero-order valence-electron chi connectivity index (χ0n) is 13.8. The third-order valence-corrected chi connectivity index (χ3v) is 3.87. The molecule has 0 aromatic heterocycles. The summed E-state index contributed by atoms with van der Waals surface area (Å²) in [5, 5.41) is 33.9. The average Bonchev–Trinajstić information content (AvgIpc) is 2.62. The van der Waals surface area contributed by atoms with Crippen molar-refractivity contribution in [1.29, 1.82) is 0 Å². The van der Waals surface area contributed by atoms with Gasteiger partial charge in [-0.3, -0.25) is 9.59 Å². The fourth-order valence-corrected chi connectivity index (χ4v) is 2.34. The molecule has 0 bridgehead atoms. The first kappa shape index (κ1) is 19.4. The lowest BCUT2D eigenvalue weighted by Gasteiger charge is -2.09. The molecule has 0 radical (unpaired) electrons. The van der Waals surface area contributed by atoms with Gasteiger partial charge in [-0.1, -0.05) is 23.7 Å². The van der Waals surface area contributed by atoms with Crippen LogP contribution in [0.3, 0.4) is 0 Å². The zero-order valence-corrected chi connectivity index (χ0v) is 14.6. The number of aryl methyl sites for hydroxylation is 1. The Labute approximate surface area is 155 Å². The molecule has 2 aromatic carbocycles. The summed E-state index contributed by atoms with van der Waals surface area (Å²) in [7, 11) is 0. The molecule has 2 rings (SSSR count). The van der Waals surface area contributed by atoms with E-state index in [9.17, 15) is 24.9 Å². The average molecular weight is 379 g/mol. The highest BCUT2D eigenvalue weighted by molar-refractivity contribution is 6.30. The standard InChI is InChI=1S/C18H19ClN2O5/c19-13-4-1-11(2-5-13)3-6-16(24)20-7-8-21-18(26)12-9-14(22)17(25)15(23)10-12/h1-2,4-5,9-10,22-23,25H,3,6-8H2,(H,20,24)(H,21,26). The van der Waals surface area contributed by atoms with Crippen LogP contribution in [0, 0.1) is 0 Å². The lowest BCUT2D eigenvalue weighted by Crippen LogP contribution is -2.34. The van der Waals surface area contributed by atoms with E-state index in [1.807, 2.05) is 12.1 Å². The van der Waals surface area contributed by atoms with Crippen molar-refractivity contribution in [2.75, 3.05) is 13.1 Å².